The van der Waals surface area contributed by atoms with Crippen LogP contribution in [0.2, 0.25) is 0 Å². The van der Waals surface area contributed by atoms with Crippen molar-refractivity contribution in [3.63, 3.8) is 0 Å². The number of phosphoric ester groups is 1. The topological polar surface area (TPSA) is 105 Å². The van der Waals surface area contributed by atoms with Crippen LogP contribution in [0.15, 0.2) is 0 Å². The van der Waals surface area contributed by atoms with E-state index in [9.17, 15) is 19.4 Å². The highest BCUT2D eigenvalue weighted by Gasteiger charge is 2.34. The lowest BCUT2D eigenvalue weighted by molar-refractivity contribution is -0.870. The second-order valence-corrected chi connectivity index (χ2v) is 13.0. The Bertz CT molecular complexity index is 626. The molecule has 4 unspecified atom stereocenters. The third-order valence-corrected chi connectivity index (χ3v) is 7.79. The van der Waals surface area contributed by atoms with Crippen LogP contribution in [-0.4, -0.2) is 69.2 Å². The number of likely N-dealkylation sites (N-methyl/N-ethyl adjacent to an activating group) is 1. The van der Waals surface area contributed by atoms with Crippen molar-refractivity contribution in [1.29, 1.82) is 0 Å². The number of unbranched alkanes of at least 4 members (excludes halogenated alkanes) is 9. The number of quaternary nitrogens is 1. The lowest BCUT2D eigenvalue weighted by Gasteiger charge is -2.27. The maximum absolute atomic E-state index is 11.8. The van der Waals surface area contributed by atoms with Gasteiger partial charge in [-0.2, -0.15) is 0 Å². The Hall–Kier alpha value is -0.500. The molecule has 0 aliphatic heterocycles. The van der Waals surface area contributed by atoms with E-state index < -0.39 is 20.5 Å². The van der Waals surface area contributed by atoms with Gasteiger partial charge in [0.15, 0.2) is 0 Å². The van der Waals surface area contributed by atoms with Gasteiger partial charge < -0.3 is 28.3 Å². The lowest BCUT2D eigenvalue weighted by Crippen LogP contribution is -2.37. The molecule has 36 heavy (non-hydrogen) atoms. The molecule has 1 fully saturated rings. The van der Waals surface area contributed by atoms with Crippen LogP contribution in [0, 0.1) is 11.8 Å². The summed E-state index contributed by atoms with van der Waals surface area (Å²) in [5, 5.41) is 9.82. The highest BCUT2D eigenvalue weighted by Crippen LogP contribution is 2.45. The largest absolute Gasteiger partial charge is 0.756 e. The molecule has 9 heteroatoms. The Balaban J connectivity index is 1.90. The van der Waals surface area contributed by atoms with Gasteiger partial charge in [0.05, 0.1) is 27.7 Å². The lowest BCUT2D eigenvalue weighted by atomic mass is 10.0. The monoisotopic (exact) mass is 535 g/mol. The van der Waals surface area contributed by atoms with Gasteiger partial charge in [-0.25, -0.2) is 0 Å². The maximum Gasteiger partial charge on any atom is 0.305 e. The Labute approximate surface area is 220 Å². The molecule has 0 heterocycles. The van der Waals surface area contributed by atoms with Gasteiger partial charge in [-0.3, -0.25) is 9.36 Å². The zero-order valence-corrected chi connectivity index (χ0v) is 24.4. The Kier molecular flexibility index (Phi) is 17.4. The molecule has 1 rings (SSSR count). The summed E-state index contributed by atoms with van der Waals surface area (Å²) < 4.78 is 26.7. The SMILES string of the molecule is CCCCCCC1CC1CCCCCCCCCC(=O)OCC(O)COP(=O)([O-])OCC[N+](C)(C)C. The predicted molar refractivity (Wildman–Crippen MR) is 141 cm³/mol. The molecule has 0 aromatic carbocycles. The van der Waals surface area contributed by atoms with E-state index in [1.54, 1.807) is 0 Å². The van der Waals surface area contributed by atoms with Crippen molar-refractivity contribution >= 4 is 13.8 Å². The molecular formula is C27H54NO7P. The van der Waals surface area contributed by atoms with Gasteiger partial charge >= 0.3 is 5.97 Å². The number of hydrogen-bond acceptors (Lipinski definition) is 7. The summed E-state index contributed by atoms with van der Waals surface area (Å²) in [7, 11) is 1.26. The third-order valence-electron chi connectivity index (χ3n) is 6.83. The molecule has 1 N–H and O–H groups in total. The van der Waals surface area contributed by atoms with Crippen molar-refractivity contribution in [1.82, 2.24) is 0 Å². The molecule has 1 aliphatic carbocycles. The normalized spacial score (nSPS) is 20.2. The van der Waals surface area contributed by atoms with Crippen molar-refractivity contribution in [2.24, 2.45) is 11.8 Å². The van der Waals surface area contributed by atoms with Crippen LogP contribution in [0.25, 0.3) is 0 Å². The van der Waals surface area contributed by atoms with E-state index in [0.29, 0.717) is 17.4 Å². The second-order valence-electron chi connectivity index (χ2n) is 11.5. The number of hydrogen-bond donors (Lipinski definition) is 1. The van der Waals surface area contributed by atoms with Crippen LogP contribution in [0.5, 0.6) is 0 Å². The minimum Gasteiger partial charge on any atom is -0.756 e. The summed E-state index contributed by atoms with van der Waals surface area (Å²) in [6, 6.07) is 0. The van der Waals surface area contributed by atoms with Gasteiger partial charge in [0.1, 0.15) is 25.9 Å². The first-order valence-electron chi connectivity index (χ1n) is 14.3. The molecule has 0 radical (unpaired) electrons. The first-order valence-corrected chi connectivity index (χ1v) is 15.7. The zero-order valence-electron chi connectivity index (χ0n) is 23.5. The molecule has 1 saturated carbocycles. The van der Waals surface area contributed by atoms with Crippen LogP contribution < -0.4 is 4.89 Å². The van der Waals surface area contributed by atoms with Gasteiger partial charge in [-0.15, -0.1) is 0 Å². The van der Waals surface area contributed by atoms with Crippen LogP contribution in [-0.2, 0) is 23.1 Å². The number of rotatable bonds is 24. The number of carbonyl (C=O) groups is 1. The molecule has 214 valence electrons. The van der Waals surface area contributed by atoms with Gasteiger partial charge in [-0.1, -0.05) is 84.0 Å². The first-order chi connectivity index (χ1) is 17.0. The average Bonchev–Trinajstić information content (AvgIpc) is 3.55. The number of ether oxygens (including phenoxy) is 1. The minimum absolute atomic E-state index is 0.00447. The fourth-order valence-corrected chi connectivity index (χ4v) is 5.10. The quantitative estimate of drug-likeness (QED) is 0.0782. The molecule has 4 atom stereocenters. The van der Waals surface area contributed by atoms with Gasteiger partial charge in [0, 0.05) is 6.42 Å². The molecule has 0 bridgehead atoms. The van der Waals surface area contributed by atoms with Gasteiger partial charge in [0.2, 0.25) is 0 Å². The molecule has 8 nitrogen and oxygen atoms in total. The van der Waals surface area contributed by atoms with E-state index in [2.05, 4.69) is 11.4 Å². The standard InChI is InChI=1S/C27H54NO7P/c1-5-6-7-13-16-24-21-25(24)17-14-11-9-8-10-12-15-18-27(30)33-22-26(29)23-35-36(31,32)34-20-19-28(2,3)4/h24-26,29H,5-23H2,1-4H3. The maximum atomic E-state index is 11.8. The third kappa shape index (κ3) is 19.6. The van der Waals surface area contributed by atoms with E-state index in [1.807, 2.05) is 21.1 Å². The molecule has 0 aromatic rings. The van der Waals surface area contributed by atoms with E-state index in [4.69, 9.17) is 9.26 Å². The predicted octanol–water partition coefficient (Wildman–Crippen LogP) is 5.22. The highest BCUT2D eigenvalue weighted by atomic mass is 31.2. The molecule has 0 spiro atoms. The van der Waals surface area contributed by atoms with Crippen LogP contribution in [0.3, 0.4) is 0 Å². The van der Waals surface area contributed by atoms with Crippen molar-refractivity contribution in [2.75, 3.05) is 47.5 Å². The second kappa shape index (κ2) is 18.7. The number of esters is 1. The summed E-state index contributed by atoms with van der Waals surface area (Å²) in [6.45, 7) is 1.97. The average molecular weight is 536 g/mol. The first kappa shape index (κ1) is 33.5. The van der Waals surface area contributed by atoms with E-state index >= 15 is 0 Å². The number of nitrogens with zero attached hydrogens (tertiary/aromatic N) is 1. The number of phosphoric acid groups is 1. The highest BCUT2D eigenvalue weighted by molar-refractivity contribution is 7.45. The molecule has 0 amide bonds. The number of aliphatic hydroxyl groups excluding tert-OH is 1. The Morgan fingerprint density at radius 3 is 2.06 bits per heavy atom. The van der Waals surface area contributed by atoms with Crippen molar-refractivity contribution in [3.05, 3.63) is 0 Å². The van der Waals surface area contributed by atoms with Crippen molar-refractivity contribution in [3.8, 4) is 0 Å². The number of carbonyl (C=O) groups excluding carboxylic acids is 1. The van der Waals surface area contributed by atoms with Crippen LogP contribution in [0.1, 0.15) is 103 Å². The van der Waals surface area contributed by atoms with Crippen molar-refractivity contribution in [2.45, 2.75) is 109 Å². The molecule has 1 aliphatic rings. The van der Waals surface area contributed by atoms with Crippen LogP contribution >= 0.6 is 7.82 Å². The fourth-order valence-electron chi connectivity index (χ4n) is 4.36. The van der Waals surface area contributed by atoms with Gasteiger partial charge in [0.25, 0.3) is 7.82 Å². The Morgan fingerprint density at radius 1 is 0.917 bits per heavy atom. The van der Waals surface area contributed by atoms with E-state index in [1.165, 1.54) is 70.6 Å². The molecule has 0 saturated heterocycles. The minimum atomic E-state index is -4.49. The summed E-state index contributed by atoms with van der Waals surface area (Å²) in [4.78, 5) is 23.5. The smallest absolute Gasteiger partial charge is 0.305 e. The molecule has 0 aromatic heterocycles. The summed E-state index contributed by atoms with van der Waals surface area (Å²) in [5.41, 5.74) is 0. The summed E-state index contributed by atoms with van der Waals surface area (Å²) in [5.74, 6) is 1.66. The Morgan fingerprint density at radius 2 is 1.47 bits per heavy atom. The number of aliphatic hydroxyl groups is 1. The van der Waals surface area contributed by atoms with Crippen molar-refractivity contribution < 1.29 is 37.6 Å². The summed E-state index contributed by atoms with van der Waals surface area (Å²) >= 11 is 0. The summed E-state index contributed by atoms with van der Waals surface area (Å²) in [6.07, 6.45) is 17.0. The van der Waals surface area contributed by atoms with Gasteiger partial charge in [-0.05, 0) is 24.7 Å². The fraction of sp³-hybridized carbons (Fsp3) is 0.963. The molecular weight excluding hydrogens is 481 g/mol. The zero-order chi connectivity index (χ0) is 26.9. The van der Waals surface area contributed by atoms with Crippen LogP contribution in [0.4, 0.5) is 0 Å². The van der Waals surface area contributed by atoms with E-state index in [-0.39, 0.29) is 19.2 Å². The van der Waals surface area contributed by atoms with E-state index in [0.717, 1.165) is 31.1 Å².